The minimum Gasteiger partial charge on any atom is -0.478 e. The molecule has 0 radical (unpaired) electrons. The van der Waals surface area contributed by atoms with Crippen LogP contribution in [-0.2, 0) is 49.6 Å². The van der Waals surface area contributed by atoms with Gasteiger partial charge in [-0.2, -0.15) is 0 Å². The Morgan fingerprint density at radius 2 is 0.519 bits per heavy atom. The van der Waals surface area contributed by atoms with Crippen LogP contribution in [0, 0.1) is 69.8 Å². The monoisotopic (exact) mass is 1860 g/mol. The lowest BCUT2D eigenvalue weighted by molar-refractivity contribution is -0.135. The first kappa shape index (κ1) is 98.0. The van der Waals surface area contributed by atoms with Gasteiger partial charge in [0.15, 0.2) is 0 Å². The van der Waals surface area contributed by atoms with Crippen molar-refractivity contribution in [3.05, 3.63) is 305 Å². The second kappa shape index (κ2) is 38.6. The number of rotatable bonds is 20. The maximum atomic E-state index is 15.4. The van der Waals surface area contributed by atoms with Gasteiger partial charge in [-0.15, -0.1) is 0 Å². The number of fused-ring (bicyclic) bond motifs is 12. The normalized spacial score (nSPS) is 19.3. The number of carboxylic acid groups (broad SMARTS) is 3. The quantitative estimate of drug-likeness (QED) is 0.0369. The number of carbonyl (C=O) groups is 4. The van der Waals surface area contributed by atoms with Gasteiger partial charge in [-0.05, 0) is 252 Å². The van der Waals surface area contributed by atoms with Gasteiger partial charge in [-0.25, -0.2) is 89.4 Å². The predicted molar refractivity (Wildman–Crippen MR) is 469 cm³/mol. The summed E-state index contributed by atoms with van der Waals surface area (Å²) < 4.78 is 269. The average molecular weight is 1860 g/mol. The Morgan fingerprint density at radius 1 is 0.331 bits per heavy atom. The number of methoxy groups -OCH3 is 1. The van der Waals surface area contributed by atoms with E-state index in [0.29, 0.717) is 47.9 Å². The van der Waals surface area contributed by atoms with Gasteiger partial charge in [-0.3, -0.25) is 19.6 Å². The second-order valence-corrected chi connectivity index (χ2v) is 36.1. The fourth-order valence-corrected chi connectivity index (χ4v) is 18.2. The molecule has 8 heterocycles. The van der Waals surface area contributed by atoms with Crippen molar-refractivity contribution >= 4 is 92.1 Å². The number of carbonyl (C=O) groups excluding carboxylic acids is 1. The highest BCUT2D eigenvalue weighted by molar-refractivity contribution is 5.90. The zero-order valence-corrected chi connectivity index (χ0v) is 74.3. The molecule has 0 saturated heterocycles. The van der Waals surface area contributed by atoms with E-state index in [4.69, 9.17) is 33.0 Å². The number of esters is 1. The van der Waals surface area contributed by atoms with Gasteiger partial charge in [0.1, 0.15) is 162 Å². The van der Waals surface area contributed by atoms with Crippen molar-refractivity contribution in [1.82, 2.24) is 19.6 Å². The van der Waals surface area contributed by atoms with Crippen molar-refractivity contribution in [3.8, 4) is 0 Å². The molecule has 0 bridgehead atoms. The number of hydrogen-bond donors (Lipinski definition) is 3. The zero-order valence-electron chi connectivity index (χ0n) is 74.3. The SMILES string of the molecule is CC1Cc2c(oc3cccc(F)c23)C(c2c(F)cc(/C=C/C(=O)O)cc2F)N1CC(C)(C)F.COC(=O)/C=C/c1cc(F)c([C@@H]2c3oc4cccc(F)c4c3C[C@@H](C)N2CC(C)(C)F)c(F)c1.C[C@@H]1Cc2c(oc3cccc(F)c23)[C@@H](c2c(F)cc(/C=C/C(=O)O)cc2F)N1CC(C)(C)F.C[C@H]1Cc2c(oc3cccc(F)c23)[C@H](c2c(F)cc(/C=C/C(=O)O)cc2F)N1CC(C)(C)F. The van der Waals surface area contributed by atoms with Gasteiger partial charge in [0.25, 0.3) is 0 Å². The molecule has 2 unspecified atom stereocenters. The van der Waals surface area contributed by atoms with Crippen molar-refractivity contribution in [2.75, 3.05) is 33.3 Å². The first-order chi connectivity index (χ1) is 62.4. The van der Waals surface area contributed by atoms with Crippen LogP contribution in [0.25, 0.3) is 68.2 Å². The van der Waals surface area contributed by atoms with E-state index in [1.807, 2.05) is 6.92 Å². The standard InChI is InChI=1S/C26H25F4NO3.3C25H23F4NO3/c1-14-10-16-22-17(27)6-5-7-20(22)34-25(16)24(31(14)13-26(2,3)30)23-18(28)11-15(12-19(23)29)8-9-21(32)33-4;3*1-13-9-15-21-16(26)5-4-6-19(21)33-24(15)23(30(13)12-25(2,3)29)22-17(27)10-14(11-18(22)28)7-8-20(31)32/h5-9,11-12,14,24H,10,13H2,1-4H3;3*4-8,10-11,13,23H,9,12H2,1-3H3,(H,31,32)/b9-8+;3*8-7+/t14-,24-;2*13-,23-;/m110./s1. The molecule has 133 heavy (non-hydrogen) atoms. The van der Waals surface area contributed by atoms with Crippen LogP contribution < -0.4 is 0 Å². The van der Waals surface area contributed by atoms with E-state index >= 15 is 35.1 Å². The number of halogens is 16. The van der Waals surface area contributed by atoms with Crippen LogP contribution in [-0.4, -0.2) is 139 Å². The Labute approximate surface area is 753 Å². The summed E-state index contributed by atoms with van der Waals surface area (Å²) in [7, 11) is 1.19. The van der Waals surface area contributed by atoms with Gasteiger partial charge < -0.3 is 37.7 Å². The maximum absolute atomic E-state index is 15.4. The molecule has 4 aliphatic heterocycles. The van der Waals surface area contributed by atoms with Crippen LogP contribution in [0.5, 0.6) is 0 Å². The van der Waals surface area contributed by atoms with E-state index in [2.05, 4.69) is 4.74 Å². The highest BCUT2D eigenvalue weighted by atomic mass is 19.2. The largest absolute Gasteiger partial charge is 0.478 e. The van der Waals surface area contributed by atoms with Gasteiger partial charge in [-0.1, -0.05) is 24.3 Å². The molecule has 0 saturated carbocycles. The molecule has 16 rings (SSSR count). The number of aliphatic carboxylic acids is 3. The number of nitrogens with zero attached hydrogens (tertiary/aromatic N) is 4. The van der Waals surface area contributed by atoms with E-state index in [1.165, 1.54) is 117 Å². The summed E-state index contributed by atoms with van der Waals surface area (Å²) in [5, 5.41) is 27.4. The second-order valence-electron chi connectivity index (χ2n) is 36.1. The number of benzene rings is 8. The molecule has 0 amide bonds. The molecule has 702 valence electrons. The zero-order chi connectivity index (χ0) is 97.0. The van der Waals surface area contributed by atoms with E-state index in [1.54, 1.807) is 64.6 Å². The van der Waals surface area contributed by atoms with Crippen molar-refractivity contribution in [1.29, 1.82) is 0 Å². The highest BCUT2D eigenvalue weighted by Gasteiger charge is 2.49. The molecule has 0 aliphatic carbocycles. The highest BCUT2D eigenvalue weighted by Crippen LogP contribution is 2.52. The Morgan fingerprint density at radius 3 is 0.692 bits per heavy atom. The molecule has 12 aromatic rings. The smallest absolute Gasteiger partial charge is 0.330 e. The van der Waals surface area contributed by atoms with Crippen LogP contribution in [0.4, 0.5) is 70.2 Å². The van der Waals surface area contributed by atoms with Gasteiger partial charge in [0.2, 0.25) is 0 Å². The molecule has 3 N–H and O–H groups in total. The summed E-state index contributed by atoms with van der Waals surface area (Å²) in [6.45, 7) is 17.6. The summed E-state index contributed by atoms with van der Waals surface area (Å²) in [5.74, 6) is -13.1. The van der Waals surface area contributed by atoms with Crippen LogP contribution >= 0.6 is 0 Å². The molecule has 4 aromatic heterocycles. The van der Waals surface area contributed by atoms with Crippen LogP contribution in [0.15, 0.2) is 163 Å². The lowest BCUT2D eigenvalue weighted by atomic mass is 9.87. The Balaban J connectivity index is 0.000000151. The van der Waals surface area contributed by atoms with E-state index in [0.717, 1.165) is 91.1 Å². The van der Waals surface area contributed by atoms with Gasteiger partial charge in [0.05, 0.1) is 28.7 Å². The third-order valence-electron chi connectivity index (χ3n) is 23.4. The molecule has 32 heteroatoms. The number of hydrogen-bond acceptors (Lipinski definition) is 13. The van der Waals surface area contributed by atoms with Crippen molar-refractivity contribution < 1.29 is 127 Å². The fourth-order valence-electron chi connectivity index (χ4n) is 18.2. The van der Waals surface area contributed by atoms with Crippen LogP contribution in [0.1, 0.15) is 197 Å². The molecule has 8 atom stereocenters. The molecule has 4 aliphatic rings. The lowest BCUT2D eigenvalue weighted by Gasteiger charge is -2.42. The molecule has 0 spiro atoms. The van der Waals surface area contributed by atoms with Gasteiger partial charge in [0, 0.05) is 119 Å². The number of carboxylic acids is 3. The van der Waals surface area contributed by atoms with E-state index < -0.39 is 141 Å². The summed E-state index contributed by atoms with van der Waals surface area (Å²) in [6.07, 6.45) is 9.11. The summed E-state index contributed by atoms with van der Waals surface area (Å²) in [6, 6.07) is 19.7. The lowest BCUT2D eigenvalue weighted by Crippen LogP contribution is -2.48. The maximum Gasteiger partial charge on any atom is 0.330 e. The Kier molecular flexibility index (Phi) is 28.4. The fraction of sp³-hybridized carbons (Fsp3) is 0.327. The average Bonchev–Trinajstić information content (AvgIpc) is 1.61. The minimum absolute atomic E-state index is 0.0215. The summed E-state index contributed by atoms with van der Waals surface area (Å²) in [4.78, 5) is 50.1. The number of ether oxygens (including phenoxy) is 1. The molecular formula is C101H94F16N4O12. The molecule has 8 aromatic carbocycles. The summed E-state index contributed by atoms with van der Waals surface area (Å²) in [5.41, 5.74) is -4.91. The van der Waals surface area contributed by atoms with Crippen molar-refractivity contribution in [2.45, 2.75) is 180 Å². The molecule has 16 nitrogen and oxygen atoms in total. The van der Waals surface area contributed by atoms with Gasteiger partial charge >= 0.3 is 23.9 Å². The number of furan rings is 4. The van der Waals surface area contributed by atoms with Crippen LogP contribution in [0.2, 0.25) is 0 Å². The topological polar surface area (TPSA) is 204 Å². The molecular weight excluding hydrogens is 1770 g/mol. The third kappa shape index (κ3) is 21.4. The van der Waals surface area contributed by atoms with Crippen molar-refractivity contribution in [2.24, 2.45) is 0 Å². The van der Waals surface area contributed by atoms with E-state index in [-0.39, 0.29) is 162 Å². The van der Waals surface area contributed by atoms with E-state index in [9.17, 15) is 54.3 Å². The first-order valence-corrected chi connectivity index (χ1v) is 42.4. The Hall–Kier alpha value is -12.5. The first-order valence-electron chi connectivity index (χ1n) is 42.4. The van der Waals surface area contributed by atoms with Crippen LogP contribution in [0.3, 0.4) is 0 Å². The van der Waals surface area contributed by atoms with Crippen molar-refractivity contribution in [3.63, 3.8) is 0 Å². The number of alkyl halides is 4. The molecule has 0 fully saturated rings. The predicted octanol–water partition coefficient (Wildman–Crippen LogP) is 24.2. The minimum atomic E-state index is -1.68. The Bertz CT molecular complexity index is 6060. The third-order valence-corrected chi connectivity index (χ3v) is 23.4. The summed E-state index contributed by atoms with van der Waals surface area (Å²) >= 11 is 0.